The lowest BCUT2D eigenvalue weighted by Gasteiger charge is -2.57. The summed E-state index contributed by atoms with van der Waals surface area (Å²) in [5, 5.41) is 0. The first kappa shape index (κ1) is 52.7. The lowest BCUT2D eigenvalue weighted by molar-refractivity contribution is -0.156. The zero-order chi connectivity index (χ0) is 39.2. The van der Waals surface area contributed by atoms with Crippen molar-refractivity contribution in [3.8, 4) is 0 Å². The van der Waals surface area contributed by atoms with Gasteiger partial charge in [0.05, 0.1) is 27.3 Å². The summed E-state index contributed by atoms with van der Waals surface area (Å²) < 4.78 is 34.4. The van der Waals surface area contributed by atoms with Crippen LogP contribution in [0, 0.1) is 16.7 Å². The molecule has 2 aliphatic carbocycles. The van der Waals surface area contributed by atoms with E-state index < -0.39 is 98.6 Å². The second kappa shape index (κ2) is 22.5. The Bertz CT molecular complexity index is 1350. The number of allylic oxidation sites excluding steroid dienone is 1. The maximum Gasteiger partial charge on any atom is 0.509 e. The molecule has 7 nitrogen and oxygen atoms in total. The molecule has 1 saturated carbocycles. The quantitative estimate of drug-likeness (QED) is 0.0865. The van der Waals surface area contributed by atoms with Crippen molar-refractivity contribution in [2.75, 3.05) is 0 Å². The van der Waals surface area contributed by atoms with Crippen LogP contribution >= 0.6 is 186 Å². The second-order valence-electron chi connectivity index (χ2n) is 13.3. The van der Waals surface area contributed by atoms with Crippen LogP contribution in [0.5, 0.6) is 0 Å². The summed E-state index contributed by atoms with van der Waals surface area (Å²) in [5.74, 6) is -1.03. The van der Waals surface area contributed by atoms with Crippen molar-refractivity contribution in [1.29, 1.82) is 0 Å². The molecule has 17 unspecified atom stereocenters. The van der Waals surface area contributed by atoms with Gasteiger partial charge in [-0.15, -0.1) is 105 Å². The van der Waals surface area contributed by atoms with Gasteiger partial charge < -0.3 is 23.3 Å². The molecule has 0 N–H and O–H groups in total. The standard InChI is InChI=1S/C22H53O7P23/c1-6-7-8-14-21(5)9-13(29-43(45(31)32)51(42-30)47(35)36)15-11(2)12(28-44(50(41)46(33)34)52(48(37)38)49(39)40)10-22(20(15,3)4)17(26-19(24)27-22)16(21)18(23)25-14/h6,12-14,16-17,42H,1,7-10,30-41H2,2-5H3/t12-,13+,14-,16+,17-,21+,22+,43?,44?,50?,51?/m0/s1. The molecule has 0 aromatic heterocycles. The average Bonchev–Trinajstić information content (AvgIpc) is 3.47. The molecule has 2 heterocycles. The smallest absolute Gasteiger partial charge is 0.461 e. The fraction of sp³-hybridized carbons (Fsp3) is 0.727. The molecule has 24 atom stereocenters. The van der Waals surface area contributed by atoms with E-state index >= 15 is 0 Å². The van der Waals surface area contributed by atoms with Gasteiger partial charge in [-0.25, -0.2) is 4.79 Å². The van der Waals surface area contributed by atoms with E-state index in [1.54, 1.807) is 0 Å². The highest BCUT2D eigenvalue weighted by Crippen LogP contribution is 3.18. The van der Waals surface area contributed by atoms with Crippen LogP contribution in [0.15, 0.2) is 23.8 Å². The van der Waals surface area contributed by atoms with Crippen LogP contribution in [0.3, 0.4) is 0 Å². The highest BCUT2D eigenvalue weighted by Gasteiger charge is 2.74. The van der Waals surface area contributed by atoms with E-state index in [1.165, 1.54) is 5.57 Å². The molecule has 0 aromatic carbocycles. The van der Waals surface area contributed by atoms with Gasteiger partial charge in [0.15, 0.2) is 11.7 Å². The first-order valence-electron chi connectivity index (χ1n) is 15.5. The summed E-state index contributed by atoms with van der Waals surface area (Å²) in [4.78, 5) is 27.9. The fourth-order valence-electron chi connectivity index (χ4n) is 7.74. The number of carbonyl (C=O) groups excluding carboxylic acids is 2. The zero-order valence-corrected chi connectivity index (χ0v) is 53.1. The van der Waals surface area contributed by atoms with Gasteiger partial charge in [-0.1, -0.05) is 43.7 Å². The second-order valence-corrected chi connectivity index (χ2v) is 96.6. The van der Waals surface area contributed by atoms with Gasteiger partial charge in [-0.05, 0) is 72.3 Å². The minimum Gasteiger partial charge on any atom is -0.461 e. The van der Waals surface area contributed by atoms with Crippen LogP contribution in [0.25, 0.3) is 0 Å². The van der Waals surface area contributed by atoms with E-state index in [0.29, 0.717) is 33.6 Å². The summed E-state index contributed by atoms with van der Waals surface area (Å²) >= 11 is 0. The van der Waals surface area contributed by atoms with Crippen molar-refractivity contribution in [3.63, 3.8) is 0 Å². The van der Waals surface area contributed by atoms with Gasteiger partial charge >= 0.3 is 12.1 Å². The van der Waals surface area contributed by atoms with Crippen molar-refractivity contribution in [2.45, 2.75) is 83.4 Å². The topological polar surface area (TPSA) is 80.3 Å². The third-order valence-electron chi connectivity index (χ3n) is 10.0. The van der Waals surface area contributed by atoms with Gasteiger partial charge in [-0.3, -0.25) is 4.79 Å². The Morgan fingerprint density at radius 2 is 1.44 bits per heavy atom. The minimum absolute atomic E-state index is 0.320. The van der Waals surface area contributed by atoms with E-state index in [2.05, 4.69) is 141 Å². The van der Waals surface area contributed by atoms with Crippen LogP contribution in [0.4, 0.5) is 4.79 Å². The Balaban J connectivity index is 2.03. The lowest BCUT2D eigenvalue weighted by atomic mass is 9.51. The molecule has 298 valence electrons. The van der Waals surface area contributed by atoms with Gasteiger partial charge in [0.25, 0.3) is 0 Å². The van der Waals surface area contributed by atoms with Crippen molar-refractivity contribution < 1.29 is 32.8 Å². The van der Waals surface area contributed by atoms with E-state index in [9.17, 15) is 9.59 Å². The summed E-state index contributed by atoms with van der Waals surface area (Å²) in [6.07, 6.45) is 1.60. The molecular weight excluding hydrogens is 1090 g/mol. The summed E-state index contributed by atoms with van der Waals surface area (Å²) in [5.41, 5.74) is -0.266. The van der Waals surface area contributed by atoms with Crippen molar-refractivity contribution in [1.82, 2.24) is 0 Å². The van der Waals surface area contributed by atoms with Crippen LogP contribution in [-0.4, -0.2) is 42.1 Å². The first-order valence-corrected chi connectivity index (χ1v) is 55.9. The Morgan fingerprint density at radius 1 is 0.846 bits per heavy atom. The number of esters is 1. The molecule has 4 aliphatic rings. The predicted octanol–water partition coefficient (Wildman–Crippen LogP) is 16.7. The fourth-order valence-corrected chi connectivity index (χ4v) is 170. The maximum absolute atomic E-state index is 14.3. The Morgan fingerprint density at radius 3 is 1.94 bits per heavy atom. The van der Waals surface area contributed by atoms with Crippen molar-refractivity contribution >= 4 is 198 Å². The largest absolute Gasteiger partial charge is 0.509 e. The normalized spacial score (nSPS) is 34.1. The molecule has 3 fully saturated rings. The van der Waals surface area contributed by atoms with E-state index in [4.69, 9.17) is 23.3 Å². The predicted molar refractivity (Wildman–Crippen MR) is 294 cm³/mol. The Labute approximate surface area is 352 Å². The summed E-state index contributed by atoms with van der Waals surface area (Å²) in [7, 11) is 36.0. The number of fused-ring (bicyclic) bond motifs is 3. The molecular formula is C22H53O7P23. The molecule has 30 heteroatoms. The molecule has 0 radical (unpaired) electrons. The highest BCUT2D eigenvalue weighted by atomic mass is 33.2. The molecule has 0 aromatic rings. The molecule has 4 rings (SSSR count). The molecule has 2 aliphatic heterocycles. The van der Waals surface area contributed by atoms with Gasteiger partial charge in [-0.2, -0.15) is 0 Å². The molecule has 1 spiro atoms. The molecule has 52 heavy (non-hydrogen) atoms. The maximum atomic E-state index is 14.3. The number of rotatable bonds is 16. The lowest BCUT2D eigenvalue weighted by Crippen LogP contribution is -2.65. The molecule has 0 amide bonds. The average molecular weight is 1140 g/mol. The minimum atomic E-state index is -1.17. The molecule has 2 saturated heterocycles. The van der Waals surface area contributed by atoms with Gasteiger partial charge in [0, 0.05) is 38.2 Å². The Kier molecular flexibility index (Phi) is 22.8. The number of cyclic esters (lactones) is 1. The van der Waals surface area contributed by atoms with Crippen LogP contribution < -0.4 is 0 Å². The monoisotopic (exact) mass is 1140 g/mol. The third-order valence-corrected chi connectivity index (χ3v) is 128. The SMILES string of the molecule is C=CCC[C@@H]1OC(=O)[C@H]2[C@@H]3OC(=O)O[C@]34C[C@H](OP(P(P)P(P)P)P(P(P)P)P(P)P)C(C)=C([C@H](OP(P(P)P)P(PP)P(P)P)C[C@]12C)C4(C)C. The summed E-state index contributed by atoms with van der Waals surface area (Å²) in [6, 6.07) is 0. The number of hydrogen-bond acceptors (Lipinski definition) is 7. The first-order chi connectivity index (χ1) is 24.1. The van der Waals surface area contributed by atoms with Crippen molar-refractivity contribution in [2.24, 2.45) is 16.7 Å². The number of hydrogen-bond donors (Lipinski definition) is 0. The zero-order valence-electron chi connectivity index (χ0n) is 29.3. The van der Waals surface area contributed by atoms with E-state index in [-0.39, 0.29) is 31.3 Å². The third kappa shape index (κ3) is 11.2. The highest BCUT2D eigenvalue weighted by molar-refractivity contribution is 9.19. The number of carbonyl (C=O) groups is 2. The van der Waals surface area contributed by atoms with Crippen LogP contribution in [-0.2, 0) is 28.1 Å². The van der Waals surface area contributed by atoms with E-state index in [1.807, 2.05) is 6.08 Å². The van der Waals surface area contributed by atoms with Gasteiger partial charge in [0.2, 0.25) is 0 Å². The van der Waals surface area contributed by atoms with E-state index in [0.717, 1.165) is 5.57 Å². The number of ether oxygens (including phenoxy) is 3. The van der Waals surface area contributed by atoms with Crippen LogP contribution in [0.1, 0.15) is 53.4 Å². The van der Waals surface area contributed by atoms with Gasteiger partial charge in [0.1, 0.15) is 12.0 Å². The Hall–Kier alpha value is 8.03. The van der Waals surface area contributed by atoms with Crippen LogP contribution in [0.2, 0.25) is 0 Å². The summed E-state index contributed by atoms with van der Waals surface area (Å²) in [6.45, 7) is 9.07. The molecule has 2 bridgehead atoms. The van der Waals surface area contributed by atoms with Crippen molar-refractivity contribution in [3.05, 3.63) is 23.8 Å².